The molecule has 0 amide bonds. The first kappa shape index (κ1) is 11.1. The summed E-state index contributed by atoms with van der Waals surface area (Å²) in [5.41, 5.74) is 6.42. The van der Waals surface area contributed by atoms with Crippen LogP contribution in [0, 0.1) is 6.92 Å². The first-order chi connectivity index (χ1) is 8.63. The zero-order chi connectivity index (χ0) is 12.7. The predicted molar refractivity (Wildman–Crippen MR) is 75.9 cm³/mol. The molecule has 0 aliphatic heterocycles. The van der Waals surface area contributed by atoms with Gasteiger partial charge >= 0.3 is 0 Å². The highest BCUT2D eigenvalue weighted by Gasteiger charge is 2.05. The molecule has 18 heavy (non-hydrogen) atoms. The fraction of sp³-hybridized carbons (Fsp3) is 0.250. The van der Waals surface area contributed by atoms with Crippen molar-refractivity contribution in [3.8, 4) is 0 Å². The van der Waals surface area contributed by atoms with Crippen molar-refractivity contribution in [3.63, 3.8) is 0 Å². The number of hydrogen-bond acceptors (Lipinski definition) is 2. The second-order valence-corrected chi connectivity index (χ2v) is 5.12. The average molecular weight is 236 g/mol. The Morgan fingerprint density at radius 3 is 2.11 bits per heavy atom. The molecule has 0 aliphatic carbocycles. The standard InChI is InChI=1S/C16H16N2/c1-10(2)12-5-7-14-16(9-12)18-15-8-11(3)4-6-13(15)17-14/h4-10H,1-3H3. The summed E-state index contributed by atoms with van der Waals surface area (Å²) in [5, 5.41) is 0. The molecule has 2 nitrogen and oxygen atoms in total. The van der Waals surface area contributed by atoms with Crippen molar-refractivity contribution in [3.05, 3.63) is 47.5 Å². The summed E-state index contributed by atoms with van der Waals surface area (Å²) in [6.07, 6.45) is 0. The van der Waals surface area contributed by atoms with E-state index in [1.165, 1.54) is 11.1 Å². The van der Waals surface area contributed by atoms with Gasteiger partial charge in [0.25, 0.3) is 0 Å². The SMILES string of the molecule is Cc1ccc2nc3ccc(C(C)C)cc3nc2c1. The van der Waals surface area contributed by atoms with Gasteiger partial charge in [0.15, 0.2) is 0 Å². The number of fused-ring (bicyclic) bond motifs is 2. The minimum Gasteiger partial charge on any atom is -0.245 e. The zero-order valence-corrected chi connectivity index (χ0v) is 10.9. The van der Waals surface area contributed by atoms with Gasteiger partial charge in [-0.15, -0.1) is 0 Å². The van der Waals surface area contributed by atoms with Crippen LogP contribution in [0.4, 0.5) is 0 Å². The molecule has 0 saturated heterocycles. The monoisotopic (exact) mass is 236 g/mol. The number of hydrogen-bond donors (Lipinski definition) is 0. The minimum atomic E-state index is 0.518. The van der Waals surface area contributed by atoms with Crippen molar-refractivity contribution in [2.24, 2.45) is 0 Å². The molecule has 3 aromatic rings. The molecule has 0 unspecified atom stereocenters. The van der Waals surface area contributed by atoms with E-state index in [2.05, 4.69) is 56.1 Å². The molecule has 0 saturated carbocycles. The Morgan fingerprint density at radius 1 is 0.778 bits per heavy atom. The van der Waals surface area contributed by atoms with Gasteiger partial charge in [0.05, 0.1) is 22.1 Å². The van der Waals surface area contributed by atoms with Gasteiger partial charge in [-0.1, -0.05) is 26.0 Å². The van der Waals surface area contributed by atoms with Gasteiger partial charge in [0.2, 0.25) is 0 Å². The van der Waals surface area contributed by atoms with Crippen molar-refractivity contribution >= 4 is 22.1 Å². The molecule has 0 bridgehead atoms. The third kappa shape index (κ3) is 1.84. The number of rotatable bonds is 1. The fourth-order valence-corrected chi connectivity index (χ4v) is 2.16. The number of aryl methyl sites for hydroxylation is 1. The number of nitrogens with zero attached hydrogens (tertiary/aromatic N) is 2. The Kier molecular flexibility index (Phi) is 2.51. The molecule has 0 radical (unpaired) electrons. The molecule has 0 fully saturated rings. The van der Waals surface area contributed by atoms with Crippen LogP contribution >= 0.6 is 0 Å². The lowest BCUT2D eigenvalue weighted by atomic mass is 10.0. The Bertz CT molecular complexity index is 730. The first-order valence-corrected chi connectivity index (χ1v) is 6.31. The quantitative estimate of drug-likeness (QED) is 0.591. The summed E-state index contributed by atoms with van der Waals surface area (Å²) in [5.74, 6) is 0.518. The van der Waals surface area contributed by atoms with E-state index in [4.69, 9.17) is 4.98 Å². The Balaban J connectivity index is 2.31. The van der Waals surface area contributed by atoms with E-state index in [0.717, 1.165) is 22.1 Å². The van der Waals surface area contributed by atoms with E-state index in [1.807, 2.05) is 6.07 Å². The summed E-state index contributed by atoms with van der Waals surface area (Å²) >= 11 is 0. The van der Waals surface area contributed by atoms with Crippen molar-refractivity contribution < 1.29 is 0 Å². The number of benzene rings is 2. The molecule has 90 valence electrons. The third-order valence-electron chi connectivity index (χ3n) is 3.28. The molecular weight excluding hydrogens is 220 g/mol. The van der Waals surface area contributed by atoms with Crippen LogP contribution in [0.15, 0.2) is 36.4 Å². The van der Waals surface area contributed by atoms with Crippen molar-refractivity contribution in [1.29, 1.82) is 0 Å². The maximum absolute atomic E-state index is 4.72. The summed E-state index contributed by atoms with van der Waals surface area (Å²) in [6.45, 7) is 6.47. The normalized spacial score (nSPS) is 11.6. The molecule has 0 atom stereocenters. The van der Waals surface area contributed by atoms with Gasteiger partial charge in [-0.3, -0.25) is 0 Å². The van der Waals surface area contributed by atoms with E-state index >= 15 is 0 Å². The highest BCUT2D eigenvalue weighted by molar-refractivity contribution is 5.86. The van der Waals surface area contributed by atoms with Gasteiger partial charge in [-0.2, -0.15) is 0 Å². The Morgan fingerprint density at radius 2 is 1.39 bits per heavy atom. The van der Waals surface area contributed by atoms with Crippen LogP contribution in [-0.2, 0) is 0 Å². The highest BCUT2D eigenvalue weighted by Crippen LogP contribution is 2.21. The number of aromatic nitrogens is 2. The van der Waals surface area contributed by atoms with Gasteiger partial charge in [0.1, 0.15) is 0 Å². The van der Waals surface area contributed by atoms with Crippen molar-refractivity contribution in [1.82, 2.24) is 9.97 Å². The second-order valence-electron chi connectivity index (χ2n) is 5.12. The van der Waals surface area contributed by atoms with Crippen molar-refractivity contribution in [2.45, 2.75) is 26.7 Å². The van der Waals surface area contributed by atoms with E-state index in [1.54, 1.807) is 0 Å². The summed E-state index contributed by atoms with van der Waals surface area (Å²) in [7, 11) is 0. The topological polar surface area (TPSA) is 25.8 Å². The molecule has 2 aromatic carbocycles. The summed E-state index contributed by atoms with van der Waals surface area (Å²) in [4.78, 5) is 9.38. The zero-order valence-electron chi connectivity index (χ0n) is 10.9. The minimum absolute atomic E-state index is 0.518. The van der Waals surface area contributed by atoms with E-state index in [-0.39, 0.29) is 0 Å². The Hall–Kier alpha value is -1.96. The lowest BCUT2D eigenvalue weighted by Crippen LogP contribution is -1.91. The van der Waals surface area contributed by atoms with E-state index in [9.17, 15) is 0 Å². The Labute approximate surface area is 107 Å². The van der Waals surface area contributed by atoms with Gasteiger partial charge in [0, 0.05) is 0 Å². The fourth-order valence-electron chi connectivity index (χ4n) is 2.16. The molecule has 0 aliphatic rings. The second kappa shape index (κ2) is 4.05. The van der Waals surface area contributed by atoms with Crippen LogP contribution < -0.4 is 0 Å². The van der Waals surface area contributed by atoms with Crippen LogP contribution in [0.25, 0.3) is 22.1 Å². The highest BCUT2D eigenvalue weighted by atomic mass is 14.8. The van der Waals surface area contributed by atoms with Crippen LogP contribution in [-0.4, -0.2) is 9.97 Å². The molecule has 2 heteroatoms. The van der Waals surface area contributed by atoms with Crippen molar-refractivity contribution in [2.75, 3.05) is 0 Å². The van der Waals surface area contributed by atoms with E-state index < -0.39 is 0 Å². The molecule has 1 heterocycles. The van der Waals surface area contributed by atoms with Crippen LogP contribution in [0.1, 0.15) is 30.9 Å². The summed E-state index contributed by atoms with van der Waals surface area (Å²) in [6, 6.07) is 12.6. The molecule has 0 spiro atoms. The smallest absolute Gasteiger partial charge is 0.0897 e. The molecule has 3 rings (SSSR count). The van der Waals surface area contributed by atoms with Crippen LogP contribution in [0.2, 0.25) is 0 Å². The van der Waals surface area contributed by atoms with Gasteiger partial charge < -0.3 is 0 Å². The van der Waals surface area contributed by atoms with Gasteiger partial charge in [-0.05, 0) is 48.2 Å². The third-order valence-corrected chi connectivity index (χ3v) is 3.28. The summed E-state index contributed by atoms with van der Waals surface area (Å²) < 4.78 is 0. The van der Waals surface area contributed by atoms with Crippen LogP contribution in [0.3, 0.4) is 0 Å². The average Bonchev–Trinajstić information content (AvgIpc) is 2.35. The van der Waals surface area contributed by atoms with Gasteiger partial charge in [-0.25, -0.2) is 9.97 Å². The lowest BCUT2D eigenvalue weighted by Gasteiger charge is -2.07. The molecule has 1 aromatic heterocycles. The molecule has 0 N–H and O–H groups in total. The lowest BCUT2D eigenvalue weighted by molar-refractivity contribution is 0.868. The first-order valence-electron chi connectivity index (χ1n) is 6.31. The van der Waals surface area contributed by atoms with E-state index in [0.29, 0.717) is 5.92 Å². The molecular formula is C16H16N2. The predicted octanol–water partition coefficient (Wildman–Crippen LogP) is 4.21. The largest absolute Gasteiger partial charge is 0.245 e. The van der Waals surface area contributed by atoms with Crippen LogP contribution in [0.5, 0.6) is 0 Å². The maximum Gasteiger partial charge on any atom is 0.0897 e. The maximum atomic E-state index is 4.72.